The zero-order valence-corrected chi connectivity index (χ0v) is 6.00. The summed E-state index contributed by atoms with van der Waals surface area (Å²) in [5.41, 5.74) is 0.974. The molecule has 0 aromatic carbocycles. The molecule has 58 valence electrons. The maximum atomic E-state index is 8.69. The molecule has 4 heteroatoms. The standard InChI is InChI=1S/C6H12N2O2/c1-10-8-5-2-6(4-9)7-3-5/h6-7,9H,2-4H2,1H3/t6-/m0/s1. The number of rotatable bonds is 2. The van der Waals surface area contributed by atoms with E-state index in [4.69, 9.17) is 5.11 Å². The Labute approximate surface area is 59.9 Å². The van der Waals surface area contributed by atoms with Crippen molar-refractivity contribution in [2.75, 3.05) is 20.3 Å². The first-order valence-electron chi connectivity index (χ1n) is 3.30. The summed E-state index contributed by atoms with van der Waals surface area (Å²) in [5, 5.41) is 15.5. The minimum atomic E-state index is 0.169. The molecule has 0 aromatic rings. The summed E-state index contributed by atoms with van der Waals surface area (Å²) in [7, 11) is 1.53. The van der Waals surface area contributed by atoms with Crippen LogP contribution in [0, 0.1) is 0 Å². The Morgan fingerprint density at radius 2 is 2.70 bits per heavy atom. The second-order valence-corrected chi connectivity index (χ2v) is 2.30. The molecular formula is C6H12N2O2. The van der Waals surface area contributed by atoms with E-state index in [1.54, 1.807) is 0 Å². The van der Waals surface area contributed by atoms with Crippen molar-refractivity contribution >= 4 is 5.71 Å². The summed E-state index contributed by atoms with van der Waals surface area (Å²) in [6.07, 6.45) is 0.796. The van der Waals surface area contributed by atoms with Gasteiger partial charge in [-0.15, -0.1) is 0 Å². The van der Waals surface area contributed by atoms with Crippen molar-refractivity contribution in [1.82, 2.24) is 5.32 Å². The normalized spacial score (nSPS) is 29.4. The predicted molar refractivity (Wildman–Crippen MR) is 37.9 cm³/mol. The van der Waals surface area contributed by atoms with Gasteiger partial charge in [-0.25, -0.2) is 0 Å². The highest BCUT2D eigenvalue weighted by Gasteiger charge is 2.18. The highest BCUT2D eigenvalue weighted by molar-refractivity contribution is 5.88. The topological polar surface area (TPSA) is 53.8 Å². The van der Waals surface area contributed by atoms with Gasteiger partial charge in [0.2, 0.25) is 0 Å². The van der Waals surface area contributed by atoms with Crippen LogP contribution in [0.3, 0.4) is 0 Å². The van der Waals surface area contributed by atoms with Crippen LogP contribution in [0.1, 0.15) is 6.42 Å². The van der Waals surface area contributed by atoms with E-state index in [-0.39, 0.29) is 12.6 Å². The Morgan fingerprint density at radius 3 is 3.20 bits per heavy atom. The molecule has 1 rings (SSSR count). The number of aliphatic hydroxyl groups excluding tert-OH is 1. The average molecular weight is 144 g/mol. The molecule has 4 nitrogen and oxygen atoms in total. The Balaban J connectivity index is 2.35. The summed E-state index contributed by atoms with van der Waals surface area (Å²) >= 11 is 0. The molecule has 1 saturated heterocycles. The molecule has 2 N–H and O–H groups in total. The SMILES string of the molecule is CON=C1CN[C@H](CO)C1. The summed E-state index contributed by atoms with van der Waals surface area (Å²) in [6.45, 7) is 0.905. The van der Waals surface area contributed by atoms with Gasteiger partial charge in [0.1, 0.15) is 7.11 Å². The van der Waals surface area contributed by atoms with Crippen LogP contribution in [0.2, 0.25) is 0 Å². The maximum Gasteiger partial charge on any atom is 0.106 e. The molecular weight excluding hydrogens is 132 g/mol. The van der Waals surface area contributed by atoms with Crippen LogP contribution >= 0.6 is 0 Å². The van der Waals surface area contributed by atoms with Gasteiger partial charge < -0.3 is 15.3 Å². The molecule has 0 bridgehead atoms. The van der Waals surface area contributed by atoms with Gasteiger partial charge in [0.25, 0.3) is 0 Å². The monoisotopic (exact) mass is 144 g/mol. The minimum Gasteiger partial charge on any atom is -0.399 e. The second kappa shape index (κ2) is 3.53. The van der Waals surface area contributed by atoms with Crippen LogP contribution in [0.15, 0.2) is 5.16 Å². The number of nitrogens with one attached hydrogen (secondary N) is 1. The van der Waals surface area contributed by atoms with Crippen LogP contribution < -0.4 is 5.32 Å². The number of hydrogen-bond acceptors (Lipinski definition) is 4. The smallest absolute Gasteiger partial charge is 0.106 e. The third-order valence-electron chi connectivity index (χ3n) is 1.52. The average Bonchev–Trinajstić information content (AvgIpc) is 2.37. The first kappa shape index (κ1) is 7.50. The van der Waals surface area contributed by atoms with Gasteiger partial charge in [-0.05, 0) is 0 Å². The largest absolute Gasteiger partial charge is 0.399 e. The molecule has 1 atom stereocenters. The third kappa shape index (κ3) is 1.68. The van der Waals surface area contributed by atoms with Gasteiger partial charge in [-0.3, -0.25) is 0 Å². The van der Waals surface area contributed by atoms with Gasteiger partial charge in [-0.2, -0.15) is 0 Å². The molecule has 0 unspecified atom stereocenters. The van der Waals surface area contributed by atoms with Crippen molar-refractivity contribution < 1.29 is 9.94 Å². The van der Waals surface area contributed by atoms with E-state index >= 15 is 0 Å². The Hall–Kier alpha value is -0.610. The van der Waals surface area contributed by atoms with Crippen LogP contribution in [0.5, 0.6) is 0 Å². The van der Waals surface area contributed by atoms with Crippen molar-refractivity contribution in [2.24, 2.45) is 5.16 Å². The summed E-state index contributed by atoms with van der Waals surface area (Å²) in [5.74, 6) is 0. The van der Waals surface area contributed by atoms with Crippen LogP contribution in [-0.4, -0.2) is 37.1 Å². The number of aliphatic hydroxyl groups is 1. The third-order valence-corrected chi connectivity index (χ3v) is 1.52. The first-order chi connectivity index (χ1) is 4.86. The lowest BCUT2D eigenvalue weighted by atomic mass is 10.2. The maximum absolute atomic E-state index is 8.69. The minimum absolute atomic E-state index is 0.169. The molecule has 0 aromatic heterocycles. The fourth-order valence-electron chi connectivity index (χ4n) is 1.02. The van der Waals surface area contributed by atoms with Gasteiger partial charge in [0.15, 0.2) is 0 Å². The Kier molecular flexibility index (Phi) is 2.65. The predicted octanol–water partition coefficient (Wildman–Crippen LogP) is -0.657. The molecule has 1 aliphatic heterocycles. The quantitative estimate of drug-likeness (QED) is 0.506. The Bertz CT molecular complexity index is 136. The molecule has 0 spiro atoms. The van der Waals surface area contributed by atoms with Crippen LogP contribution in [0.25, 0.3) is 0 Å². The zero-order valence-electron chi connectivity index (χ0n) is 6.00. The molecule has 1 aliphatic rings. The lowest BCUT2D eigenvalue weighted by Crippen LogP contribution is -2.24. The van der Waals surface area contributed by atoms with E-state index < -0.39 is 0 Å². The molecule has 10 heavy (non-hydrogen) atoms. The van der Waals surface area contributed by atoms with E-state index in [9.17, 15) is 0 Å². The molecule has 0 aliphatic carbocycles. The zero-order chi connectivity index (χ0) is 7.40. The van der Waals surface area contributed by atoms with E-state index in [1.807, 2.05) is 0 Å². The van der Waals surface area contributed by atoms with Crippen molar-refractivity contribution in [1.29, 1.82) is 0 Å². The second-order valence-electron chi connectivity index (χ2n) is 2.30. The van der Waals surface area contributed by atoms with Crippen molar-refractivity contribution in [3.8, 4) is 0 Å². The van der Waals surface area contributed by atoms with Gasteiger partial charge in [-0.1, -0.05) is 5.16 Å². The summed E-state index contributed by atoms with van der Waals surface area (Å²) < 4.78 is 0. The Morgan fingerprint density at radius 1 is 1.90 bits per heavy atom. The fraction of sp³-hybridized carbons (Fsp3) is 0.833. The fourth-order valence-corrected chi connectivity index (χ4v) is 1.02. The molecule has 0 amide bonds. The van der Waals surface area contributed by atoms with Gasteiger partial charge in [0.05, 0.1) is 12.3 Å². The van der Waals surface area contributed by atoms with E-state index in [0.717, 1.165) is 18.7 Å². The number of oxime groups is 1. The lowest BCUT2D eigenvalue weighted by Gasteiger charge is -2.00. The number of hydrogen-bond donors (Lipinski definition) is 2. The highest BCUT2D eigenvalue weighted by atomic mass is 16.6. The van der Waals surface area contributed by atoms with Gasteiger partial charge >= 0.3 is 0 Å². The van der Waals surface area contributed by atoms with E-state index in [2.05, 4.69) is 15.3 Å². The molecule has 1 heterocycles. The molecule has 0 saturated carbocycles. The lowest BCUT2D eigenvalue weighted by molar-refractivity contribution is 0.212. The van der Waals surface area contributed by atoms with E-state index in [1.165, 1.54) is 7.11 Å². The molecule has 0 radical (unpaired) electrons. The summed E-state index contributed by atoms with van der Waals surface area (Å²) in [4.78, 5) is 4.58. The summed E-state index contributed by atoms with van der Waals surface area (Å²) in [6, 6.07) is 0.175. The first-order valence-corrected chi connectivity index (χ1v) is 3.30. The van der Waals surface area contributed by atoms with Crippen molar-refractivity contribution in [3.05, 3.63) is 0 Å². The van der Waals surface area contributed by atoms with Gasteiger partial charge in [0, 0.05) is 19.0 Å². The molecule has 1 fully saturated rings. The van der Waals surface area contributed by atoms with Crippen molar-refractivity contribution in [2.45, 2.75) is 12.5 Å². The number of nitrogens with zero attached hydrogens (tertiary/aromatic N) is 1. The van der Waals surface area contributed by atoms with Crippen molar-refractivity contribution in [3.63, 3.8) is 0 Å². The van der Waals surface area contributed by atoms with E-state index in [0.29, 0.717) is 0 Å². The highest BCUT2D eigenvalue weighted by Crippen LogP contribution is 2.02. The van der Waals surface area contributed by atoms with Crippen LogP contribution in [-0.2, 0) is 4.84 Å². The van der Waals surface area contributed by atoms with Crippen LogP contribution in [0.4, 0.5) is 0 Å².